The molecule has 0 spiro atoms. The Hall–Kier alpha value is -1.18. The van der Waals surface area contributed by atoms with Crippen molar-refractivity contribution in [2.75, 3.05) is 23.4 Å². The van der Waals surface area contributed by atoms with E-state index in [0.29, 0.717) is 0 Å². The maximum absolute atomic E-state index is 2.33. The number of hydrogen-bond donors (Lipinski definition) is 0. The Balaban J connectivity index is 2.17. The van der Waals surface area contributed by atoms with Crippen LogP contribution in [0.1, 0.15) is 19.8 Å². The van der Waals surface area contributed by atoms with Crippen LogP contribution in [0.4, 0.5) is 11.4 Å². The van der Waals surface area contributed by atoms with Crippen LogP contribution in [0.5, 0.6) is 0 Å². The fraction of sp³-hybridized carbons (Fsp3) is 0.417. The molecular formula is C12H17N2. The van der Waals surface area contributed by atoms with Crippen LogP contribution in [0.2, 0.25) is 0 Å². The van der Waals surface area contributed by atoms with Crippen molar-refractivity contribution in [3.8, 4) is 0 Å². The Kier molecular flexibility index (Phi) is 2.62. The lowest BCUT2D eigenvalue weighted by Crippen LogP contribution is -2.22. The van der Waals surface area contributed by atoms with Crippen molar-refractivity contribution in [3.63, 3.8) is 0 Å². The standard InChI is InChI=1S/C12H17N2/c1-3-4-9-14-10-13(2)11-7-5-6-8-12(11)14/h5-8,10H,3-4,9H2,1-2H3. The van der Waals surface area contributed by atoms with Crippen molar-refractivity contribution in [2.24, 2.45) is 0 Å². The van der Waals surface area contributed by atoms with Crippen molar-refractivity contribution < 1.29 is 0 Å². The first-order chi connectivity index (χ1) is 6.83. The average molecular weight is 189 g/mol. The van der Waals surface area contributed by atoms with Crippen molar-refractivity contribution in [1.82, 2.24) is 0 Å². The quantitative estimate of drug-likeness (QED) is 0.721. The van der Waals surface area contributed by atoms with Gasteiger partial charge in [-0.3, -0.25) is 0 Å². The van der Waals surface area contributed by atoms with E-state index in [1.54, 1.807) is 0 Å². The minimum absolute atomic E-state index is 1.12. The third-order valence-electron chi connectivity index (χ3n) is 2.64. The number of unbranched alkanes of at least 4 members (excludes halogenated alkanes) is 1. The van der Waals surface area contributed by atoms with Crippen LogP contribution < -0.4 is 9.80 Å². The van der Waals surface area contributed by atoms with Gasteiger partial charge in [-0.2, -0.15) is 0 Å². The predicted molar refractivity (Wildman–Crippen MR) is 61.4 cm³/mol. The van der Waals surface area contributed by atoms with Gasteiger partial charge < -0.3 is 9.80 Å². The molecule has 2 heteroatoms. The summed E-state index contributed by atoms with van der Waals surface area (Å²) in [5, 5.41) is 0. The van der Waals surface area contributed by atoms with Crippen LogP contribution in [0.15, 0.2) is 24.3 Å². The molecule has 1 aromatic rings. The Bertz CT molecular complexity index is 309. The summed E-state index contributed by atoms with van der Waals surface area (Å²) in [5.41, 5.74) is 2.65. The third kappa shape index (κ3) is 1.57. The van der Waals surface area contributed by atoms with Gasteiger partial charge in [-0.15, -0.1) is 0 Å². The fourth-order valence-corrected chi connectivity index (χ4v) is 1.85. The number of rotatable bonds is 3. The molecule has 2 nitrogen and oxygen atoms in total. The van der Waals surface area contributed by atoms with Crippen molar-refractivity contribution >= 4 is 11.4 Å². The molecule has 1 aromatic carbocycles. The second kappa shape index (κ2) is 3.91. The molecular weight excluding hydrogens is 172 g/mol. The van der Waals surface area contributed by atoms with Crippen molar-refractivity contribution in [3.05, 3.63) is 30.9 Å². The van der Waals surface area contributed by atoms with E-state index in [4.69, 9.17) is 0 Å². The summed E-state index contributed by atoms with van der Waals surface area (Å²) in [7, 11) is 2.10. The van der Waals surface area contributed by atoms with Crippen LogP contribution in [0.3, 0.4) is 0 Å². The summed E-state index contributed by atoms with van der Waals surface area (Å²) in [6, 6.07) is 8.54. The zero-order valence-corrected chi connectivity index (χ0v) is 8.90. The topological polar surface area (TPSA) is 6.48 Å². The van der Waals surface area contributed by atoms with Crippen LogP contribution in [-0.4, -0.2) is 13.6 Å². The number of fused-ring (bicyclic) bond motifs is 1. The molecule has 0 saturated heterocycles. The van der Waals surface area contributed by atoms with E-state index >= 15 is 0 Å². The Morgan fingerprint density at radius 3 is 2.57 bits per heavy atom. The van der Waals surface area contributed by atoms with Crippen LogP contribution in [0.25, 0.3) is 0 Å². The van der Waals surface area contributed by atoms with E-state index in [0.717, 1.165) is 6.54 Å². The lowest BCUT2D eigenvalue weighted by molar-refractivity contribution is 0.765. The molecule has 0 aromatic heterocycles. The van der Waals surface area contributed by atoms with Gasteiger partial charge in [0.25, 0.3) is 0 Å². The summed E-state index contributed by atoms with van der Waals surface area (Å²) >= 11 is 0. The summed E-state index contributed by atoms with van der Waals surface area (Å²) in [6.45, 7) is 5.53. The van der Waals surface area contributed by atoms with Gasteiger partial charge in [0.1, 0.15) is 6.67 Å². The lowest BCUT2D eigenvalue weighted by Gasteiger charge is -2.17. The fourth-order valence-electron chi connectivity index (χ4n) is 1.85. The monoisotopic (exact) mass is 189 g/mol. The molecule has 1 heterocycles. The van der Waals surface area contributed by atoms with Crippen molar-refractivity contribution in [2.45, 2.75) is 19.8 Å². The van der Waals surface area contributed by atoms with Gasteiger partial charge in [0, 0.05) is 13.6 Å². The largest absolute Gasteiger partial charge is 0.349 e. The summed E-state index contributed by atoms with van der Waals surface area (Å²) in [6.07, 6.45) is 2.49. The first-order valence-electron chi connectivity index (χ1n) is 5.26. The average Bonchev–Trinajstić information content (AvgIpc) is 2.54. The zero-order chi connectivity index (χ0) is 9.97. The van der Waals surface area contributed by atoms with E-state index in [1.165, 1.54) is 24.2 Å². The molecule has 1 aliphatic rings. The summed E-state index contributed by atoms with van der Waals surface area (Å²) in [5.74, 6) is 0. The highest BCUT2D eigenvalue weighted by molar-refractivity contribution is 5.77. The molecule has 1 radical (unpaired) electrons. The molecule has 75 valence electrons. The number of anilines is 2. The minimum atomic E-state index is 1.12. The molecule has 0 atom stereocenters. The Labute approximate surface area is 86.1 Å². The molecule has 14 heavy (non-hydrogen) atoms. The van der Waals surface area contributed by atoms with Crippen LogP contribution >= 0.6 is 0 Å². The molecule has 0 aliphatic carbocycles. The van der Waals surface area contributed by atoms with Gasteiger partial charge in [0.2, 0.25) is 0 Å². The highest BCUT2D eigenvalue weighted by Crippen LogP contribution is 2.36. The number of benzene rings is 1. The smallest absolute Gasteiger partial charge is 0.142 e. The van der Waals surface area contributed by atoms with Gasteiger partial charge in [-0.05, 0) is 18.6 Å². The molecule has 0 unspecified atom stereocenters. The van der Waals surface area contributed by atoms with Crippen LogP contribution in [-0.2, 0) is 0 Å². The first kappa shape index (κ1) is 9.38. The number of hydrogen-bond acceptors (Lipinski definition) is 2. The second-order valence-corrected chi connectivity index (χ2v) is 3.76. The van der Waals surface area contributed by atoms with E-state index in [9.17, 15) is 0 Å². The summed E-state index contributed by atoms with van der Waals surface area (Å²) in [4.78, 5) is 4.52. The van der Waals surface area contributed by atoms with Gasteiger partial charge in [0.15, 0.2) is 0 Å². The van der Waals surface area contributed by atoms with Gasteiger partial charge in [-0.1, -0.05) is 25.5 Å². The molecule has 1 aliphatic heterocycles. The first-order valence-corrected chi connectivity index (χ1v) is 5.26. The van der Waals surface area contributed by atoms with E-state index in [1.807, 2.05) is 0 Å². The Morgan fingerprint density at radius 2 is 1.86 bits per heavy atom. The van der Waals surface area contributed by atoms with E-state index in [2.05, 4.69) is 54.7 Å². The lowest BCUT2D eigenvalue weighted by atomic mass is 10.2. The predicted octanol–water partition coefficient (Wildman–Crippen LogP) is 2.86. The highest BCUT2D eigenvalue weighted by atomic mass is 15.4. The number of para-hydroxylation sites is 2. The minimum Gasteiger partial charge on any atom is -0.349 e. The van der Waals surface area contributed by atoms with Crippen LogP contribution in [0, 0.1) is 6.67 Å². The normalized spacial score (nSPS) is 14.7. The van der Waals surface area contributed by atoms with Crippen molar-refractivity contribution in [1.29, 1.82) is 0 Å². The second-order valence-electron chi connectivity index (χ2n) is 3.76. The molecule has 0 saturated carbocycles. The molecule has 0 N–H and O–H groups in total. The molecule has 2 rings (SSSR count). The van der Waals surface area contributed by atoms with E-state index < -0.39 is 0 Å². The summed E-state index contributed by atoms with van der Waals surface area (Å²) < 4.78 is 0. The molecule has 0 amide bonds. The van der Waals surface area contributed by atoms with Gasteiger partial charge in [-0.25, -0.2) is 0 Å². The van der Waals surface area contributed by atoms with Gasteiger partial charge in [0.05, 0.1) is 11.4 Å². The number of nitrogens with zero attached hydrogens (tertiary/aromatic N) is 2. The molecule has 0 fully saturated rings. The Morgan fingerprint density at radius 1 is 1.14 bits per heavy atom. The third-order valence-corrected chi connectivity index (χ3v) is 2.64. The van der Waals surface area contributed by atoms with E-state index in [-0.39, 0.29) is 0 Å². The maximum atomic E-state index is 2.33. The zero-order valence-electron chi connectivity index (χ0n) is 8.90. The highest BCUT2D eigenvalue weighted by Gasteiger charge is 2.22. The SMILES string of the molecule is CCCCN1[CH]N(C)c2ccccc21. The van der Waals surface area contributed by atoms with Gasteiger partial charge >= 0.3 is 0 Å². The molecule has 0 bridgehead atoms. The maximum Gasteiger partial charge on any atom is 0.142 e.